The summed E-state index contributed by atoms with van der Waals surface area (Å²) in [4.78, 5) is 0. The molecule has 1 heterocycles. The lowest BCUT2D eigenvalue weighted by molar-refractivity contribution is 0.157. The fourth-order valence-corrected chi connectivity index (χ4v) is 2.02. The van der Waals surface area contributed by atoms with Gasteiger partial charge in [0.2, 0.25) is 0 Å². The number of hydrogen-bond donors (Lipinski definition) is 1. The summed E-state index contributed by atoms with van der Waals surface area (Å²) in [5, 5.41) is 3.48. The van der Waals surface area contributed by atoms with Gasteiger partial charge in [-0.05, 0) is 25.7 Å². The summed E-state index contributed by atoms with van der Waals surface area (Å²) in [5.41, 5.74) is 0.583. The van der Waals surface area contributed by atoms with Crippen LogP contribution in [0.4, 0.5) is 0 Å². The van der Waals surface area contributed by atoms with Gasteiger partial charge in [-0.3, -0.25) is 0 Å². The Morgan fingerprint density at radius 1 is 1.62 bits per heavy atom. The predicted octanol–water partition coefficient (Wildman–Crippen LogP) is 1.15. The zero-order valence-electron chi connectivity index (χ0n) is 5.41. The first-order valence-corrected chi connectivity index (χ1v) is 3.56. The van der Waals surface area contributed by atoms with E-state index in [1.54, 1.807) is 0 Å². The number of nitrogens with one attached hydrogen (secondary N) is 1. The summed E-state index contributed by atoms with van der Waals surface area (Å²) in [6.45, 7) is 3.64. The lowest BCUT2D eigenvalue weighted by Gasteiger charge is -2.43. The Hall–Kier alpha value is -0.0400. The first kappa shape index (κ1) is 4.80. The molecule has 0 spiro atoms. The Labute approximate surface area is 50.5 Å². The van der Waals surface area contributed by atoms with E-state index in [0.29, 0.717) is 5.54 Å². The Bertz CT molecular complexity index is 111. The largest absolute Gasteiger partial charge is 0.311 e. The van der Waals surface area contributed by atoms with Crippen LogP contribution in [-0.2, 0) is 0 Å². The quantitative estimate of drug-likeness (QED) is 0.494. The number of fused-ring (bicyclic) bond motifs is 1. The van der Waals surface area contributed by atoms with Crippen LogP contribution in [0.15, 0.2) is 0 Å². The third kappa shape index (κ3) is 0.408. The Morgan fingerprint density at radius 2 is 2.50 bits per heavy atom. The Kier molecular flexibility index (Phi) is 0.762. The molecule has 2 atom stereocenters. The molecule has 0 radical (unpaired) electrons. The van der Waals surface area contributed by atoms with E-state index in [0.717, 1.165) is 5.92 Å². The topological polar surface area (TPSA) is 12.0 Å². The van der Waals surface area contributed by atoms with Gasteiger partial charge in [-0.15, -0.1) is 0 Å². The van der Waals surface area contributed by atoms with E-state index in [1.165, 1.54) is 25.8 Å². The van der Waals surface area contributed by atoms with Gasteiger partial charge in [-0.2, -0.15) is 0 Å². The summed E-state index contributed by atoms with van der Waals surface area (Å²) >= 11 is 0. The highest BCUT2D eigenvalue weighted by Gasteiger charge is 2.45. The van der Waals surface area contributed by atoms with Crippen LogP contribution < -0.4 is 5.32 Å². The molecule has 1 saturated heterocycles. The van der Waals surface area contributed by atoms with Crippen LogP contribution in [0.1, 0.15) is 26.2 Å². The molecule has 2 rings (SSSR count). The highest BCUT2D eigenvalue weighted by molar-refractivity contribution is 5.04. The summed E-state index contributed by atoms with van der Waals surface area (Å²) in [6, 6.07) is 0. The van der Waals surface area contributed by atoms with E-state index in [-0.39, 0.29) is 0 Å². The van der Waals surface area contributed by atoms with Gasteiger partial charge in [0.05, 0.1) is 0 Å². The van der Waals surface area contributed by atoms with Gasteiger partial charge >= 0.3 is 0 Å². The molecule has 2 fully saturated rings. The van der Waals surface area contributed by atoms with Gasteiger partial charge in [0.25, 0.3) is 0 Å². The van der Waals surface area contributed by atoms with Crippen LogP contribution in [0.3, 0.4) is 0 Å². The number of hydrogen-bond acceptors (Lipinski definition) is 1. The van der Waals surface area contributed by atoms with Crippen LogP contribution in [0.5, 0.6) is 0 Å². The van der Waals surface area contributed by atoms with Crippen molar-refractivity contribution in [2.45, 2.75) is 31.7 Å². The Morgan fingerprint density at radius 3 is 2.75 bits per heavy atom. The smallest absolute Gasteiger partial charge is 0.0193 e. The van der Waals surface area contributed by atoms with E-state index < -0.39 is 0 Å². The van der Waals surface area contributed by atoms with Crippen LogP contribution in [0.2, 0.25) is 0 Å². The molecule has 0 amide bonds. The van der Waals surface area contributed by atoms with Gasteiger partial charge in [-0.1, -0.05) is 6.42 Å². The van der Waals surface area contributed by atoms with Crippen molar-refractivity contribution in [3.63, 3.8) is 0 Å². The van der Waals surface area contributed by atoms with E-state index >= 15 is 0 Å². The minimum atomic E-state index is 0.583. The van der Waals surface area contributed by atoms with Crippen LogP contribution in [0.25, 0.3) is 0 Å². The molecular weight excluding hydrogens is 98.1 g/mol. The summed E-state index contributed by atoms with van der Waals surface area (Å²) in [7, 11) is 0. The minimum absolute atomic E-state index is 0.583. The molecule has 1 saturated carbocycles. The molecule has 1 N–H and O–H groups in total. The average Bonchev–Trinajstić information content (AvgIpc) is 1.94. The van der Waals surface area contributed by atoms with Crippen LogP contribution >= 0.6 is 0 Å². The Balaban J connectivity index is 2.14. The zero-order chi connectivity index (χ0) is 5.61. The van der Waals surface area contributed by atoms with Gasteiger partial charge in [0, 0.05) is 12.1 Å². The summed E-state index contributed by atoms with van der Waals surface area (Å²) in [5.74, 6) is 1.03. The molecule has 0 unspecified atom stereocenters. The summed E-state index contributed by atoms with van der Waals surface area (Å²) < 4.78 is 0. The fourth-order valence-electron chi connectivity index (χ4n) is 2.02. The lowest BCUT2D eigenvalue weighted by Crippen LogP contribution is -2.59. The average molecular weight is 111 g/mol. The number of rotatable bonds is 0. The predicted molar refractivity (Wildman–Crippen MR) is 33.7 cm³/mol. The molecule has 0 aromatic heterocycles. The van der Waals surface area contributed by atoms with Gasteiger partial charge in [0.1, 0.15) is 0 Å². The molecule has 0 aromatic rings. The van der Waals surface area contributed by atoms with Crippen molar-refractivity contribution in [3.8, 4) is 0 Å². The van der Waals surface area contributed by atoms with E-state index in [4.69, 9.17) is 0 Å². The highest BCUT2D eigenvalue weighted by Crippen LogP contribution is 2.40. The second-order valence-corrected chi connectivity index (χ2v) is 3.39. The standard InChI is InChI=1S/C7H13N/c1-7-4-2-3-6(7)5-8-7/h6,8H,2-5H2,1H3/t6-,7+/m0/s1. The molecule has 0 aromatic carbocycles. The molecular formula is C7H13N. The van der Waals surface area contributed by atoms with E-state index in [2.05, 4.69) is 12.2 Å². The maximum Gasteiger partial charge on any atom is 0.0193 e. The van der Waals surface area contributed by atoms with Gasteiger partial charge in [0.15, 0.2) is 0 Å². The van der Waals surface area contributed by atoms with Gasteiger partial charge in [-0.25, -0.2) is 0 Å². The molecule has 0 bridgehead atoms. The maximum atomic E-state index is 3.48. The molecule has 1 nitrogen and oxygen atoms in total. The van der Waals surface area contributed by atoms with Gasteiger partial charge < -0.3 is 5.32 Å². The van der Waals surface area contributed by atoms with Crippen molar-refractivity contribution < 1.29 is 0 Å². The van der Waals surface area contributed by atoms with E-state index in [9.17, 15) is 0 Å². The van der Waals surface area contributed by atoms with E-state index in [1.807, 2.05) is 0 Å². The first-order valence-electron chi connectivity index (χ1n) is 3.56. The molecule has 46 valence electrons. The first-order chi connectivity index (χ1) is 3.81. The van der Waals surface area contributed by atoms with Crippen molar-refractivity contribution >= 4 is 0 Å². The lowest BCUT2D eigenvalue weighted by atomic mass is 9.81. The van der Waals surface area contributed by atoms with Crippen molar-refractivity contribution in [3.05, 3.63) is 0 Å². The van der Waals surface area contributed by atoms with Crippen LogP contribution in [-0.4, -0.2) is 12.1 Å². The fraction of sp³-hybridized carbons (Fsp3) is 1.00. The van der Waals surface area contributed by atoms with Crippen molar-refractivity contribution in [2.75, 3.05) is 6.54 Å². The molecule has 8 heavy (non-hydrogen) atoms. The summed E-state index contributed by atoms with van der Waals surface area (Å²) in [6.07, 6.45) is 4.34. The second-order valence-electron chi connectivity index (χ2n) is 3.39. The normalized spacial score (nSPS) is 52.9. The van der Waals surface area contributed by atoms with Crippen molar-refractivity contribution in [1.29, 1.82) is 0 Å². The van der Waals surface area contributed by atoms with Crippen LogP contribution in [0, 0.1) is 5.92 Å². The highest BCUT2D eigenvalue weighted by atomic mass is 15.1. The molecule has 2 aliphatic rings. The molecule has 1 aliphatic carbocycles. The van der Waals surface area contributed by atoms with Crippen molar-refractivity contribution in [2.24, 2.45) is 5.92 Å². The SMILES string of the molecule is C[C@@]12CCC[C@H]1CN2. The second kappa shape index (κ2) is 1.27. The monoisotopic (exact) mass is 111 g/mol. The molecule has 1 heteroatoms. The minimum Gasteiger partial charge on any atom is -0.311 e. The zero-order valence-corrected chi connectivity index (χ0v) is 5.41. The maximum absolute atomic E-state index is 3.48. The van der Waals surface area contributed by atoms with Crippen molar-refractivity contribution in [1.82, 2.24) is 5.32 Å². The third-order valence-corrected chi connectivity index (χ3v) is 2.90. The third-order valence-electron chi connectivity index (χ3n) is 2.90. The molecule has 1 aliphatic heterocycles.